The van der Waals surface area contributed by atoms with E-state index in [0.29, 0.717) is 6.42 Å². The van der Waals surface area contributed by atoms with E-state index in [9.17, 15) is 0 Å². The fourth-order valence-corrected chi connectivity index (χ4v) is 0.894. The Bertz CT molecular complexity index is 258. The maximum atomic E-state index is 8.40. The standard InChI is InChI=1S/C7H10N4/c1-2-5-11-7(3-4-8)9-6-10-11/h6H,2-3,5H2,1H3. The van der Waals surface area contributed by atoms with E-state index in [0.717, 1.165) is 18.8 Å². The first-order valence-electron chi connectivity index (χ1n) is 3.62. The van der Waals surface area contributed by atoms with E-state index in [-0.39, 0.29) is 0 Å². The summed E-state index contributed by atoms with van der Waals surface area (Å²) in [5, 5.41) is 12.4. The van der Waals surface area contributed by atoms with Gasteiger partial charge in [-0.1, -0.05) is 6.92 Å². The Kier molecular flexibility index (Phi) is 2.61. The second-order valence-electron chi connectivity index (χ2n) is 2.23. The van der Waals surface area contributed by atoms with Crippen molar-refractivity contribution < 1.29 is 0 Å². The summed E-state index contributed by atoms with van der Waals surface area (Å²) in [5.41, 5.74) is 0. The Morgan fingerprint density at radius 3 is 3.18 bits per heavy atom. The van der Waals surface area contributed by atoms with Crippen LogP contribution in [-0.4, -0.2) is 14.8 Å². The molecule has 1 aromatic rings. The number of hydrogen-bond donors (Lipinski definition) is 0. The lowest BCUT2D eigenvalue weighted by Crippen LogP contribution is -2.04. The first-order chi connectivity index (χ1) is 5.38. The summed E-state index contributed by atoms with van der Waals surface area (Å²) in [4.78, 5) is 3.95. The third-order valence-electron chi connectivity index (χ3n) is 1.37. The van der Waals surface area contributed by atoms with Crippen LogP contribution in [0.3, 0.4) is 0 Å². The lowest BCUT2D eigenvalue weighted by atomic mass is 10.4. The molecular formula is C7H10N4. The molecule has 0 amide bonds. The molecule has 1 aromatic heterocycles. The number of aromatic nitrogens is 3. The van der Waals surface area contributed by atoms with Gasteiger partial charge in [-0.05, 0) is 6.42 Å². The number of nitrogens with zero attached hydrogens (tertiary/aromatic N) is 4. The first-order valence-corrected chi connectivity index (χ1v) is 3.62. The summed E-state index contributed by atoms with van der Waals surface area (Å²) in [6.07, 6.45) is 2.85. The molecule has 4 heteroatoms. The maximum Gasteiger partial charge on any atom is 0.141 e. The van der Waals surface area contributed by atoms with E-state index < -0.39 is 0 Å². The SMILES string of the molecule is CCCn1ncnc1CC#N. The molecule has 0 aliphatic rings. The lowest BCUT2D eigenvalue weighted by molar-refractivity contribution is 0.578. The van der Waals surface area contributed by atoms with Crippen LogP contribution >= 0.6 is 0 Å². The first kappa shape index (κ1) is 7.73. The van der Waals surface area contributed by atoms with Crippen molar-refractivity contribution in [2.45, 2.75) is 26.3 Å². The monoisotopic (exact) mass is 150 g/mol. The van der Waals surface area contributed by atoms with E-state index in [4.69, 9.17) is 5.26 Å². The molecule has 0 aliphatic heterocycles. The summed E-state index contributed by atoms with van der Waals surface area (Å²) in [6.45, 7) is 2.91. The molecule has 0 bridgehead atoms. The molecule has 0 radical (unpaired) electrons. The molecule has 0 unspecified atom stereocenters. The van der Waals surface area contributed by atoms with Crippen LogP contribution in [0.25, 0.3) is 0 Å². The number of hydrogen-bond acceptors (Lipinski definition) is 3. The summed E-state index contributed by atoms with van der Waals surface area (Å²) < 4.78 is 1.77. The van der Waals surface area contributed by atoms with Crippen LogP contribution in [0.1, 0.15) is 19.2 Å². The number of nitriles is 1. The van der Waals surface area contributed by atoms with Crippen LogP contribution in [0, 0.1) is 11.3 Å². The zero-order chi connectivity index (χ0) is 8.10. The van der Waals surface area contributed by atoms with Gasteiger partial charge in [0.1, 0.15) is 12.2 Å². The fraction of sp³-hybridized carbons (Fsp3) is 0.571. The van der Waals surface area contributed by atoms with E-state index in [1.54, 1.807) is 4.68 Å². The zero-order valence-electron chi connectivity index (χ0n) is 6.49. The molecule has 0 spiro atoms. The molecule has 0 saturated carbocycles. The van der Waals surface area contributed by atoms with E-state index in [1.165, 1.54) is 6.33 Å². The molecule has 0 N–H and O–H groups in total. The average molecular weight is 150 g/mol. The maximum absolute atomic E-state index is 8.40. The van der Waals surface area contributed by atoms with Crippen molar-refractivity contribution in [3.8, 4) is 6.07 Å². The Morgan fingerprint density at radius 2 is 2.55 bits per heavy atom. The van der Waals surface area contributed by atoms with E-state index in [2.05, 4.69) is 17.0 Å². The van der Waals surface area contributed by atoms with E-state index >= 15 is 0 Å². The van der Waals surface area contributed by atoms with Crippen LogP contribution < -0.4 is 0 Å². The van der Waals surface area contributed by atoms with Gasteiger partial charge in [-0.15, -0.1) is 0 Å². The van der Waals surface area contributed by atoms with Crippen LogP contribution in [0.4, 0.5) is 0 Å². The minimum atomic E-state index is 0.347. The topological polar surface area (TPSA) is 54.5 Å². The highest BCUT2D eigenvalue weighted by Crippen LogP contribution is 1.95. The molecule has 1 heterocycles. The highest BCUT2D eigenvalue weighted by Gasteiger charge is 2.00. The van der Waals surface area contributed by atoms with Crippen molar-refractivity contribution >= 4 is 0 Å². The van der Waals surface area contributed by atoms with Gasteiger partial charge in [-0.25, -0.2) is 9.67 Å². The second kappa shape index (κ2) is 3.71. The highest BCUT2D eigenvalue weighted by atomic mass is 15.3. The zero-order valence-corrected chi connectivity index (χ0v) is 6.49. The van der Waals surface area contributed by atoms with Gasteiger partial charge in [0.05, 0.1) is 12.5 Å². The van der Waals surface area contributed by atoms with Crippen LogP contribution in [0.15, 0.2) is 6.33 Å². The molecule has 4 nitrogen and oxygen atoms in total. The molecule has 1 rings (SSSR count). The van der Waals surface area contributed by atoms with Crippen molar-refractivity contribution in [3.63, 3.8) is 0 Å². The van der Waals surface area contributed by atoms with Gasteiger partial charge in [0, 0.05) is 6.54 Å². The van der Waals surface area contributed by atoms with Crippen LogP contribution in [0.5, 0.6) is 0 Å². The molecular weight excluding hydrogens is 140 g/mol. The molecule has 0 fully saturated rings. The van der Waals surface area contributed by atoms with Gasteiger partial charge in [-0.3, -0.25) is 0 Å². The van der Waals surface area contributed by atoms with Gasteiger partial charge in [0.25, 0.3) is 0 Å². The minimum Gasteiger partial charge on any atom is -0.249 e. The Labute approximate surface area is 65.5 Å². The summed E-state index contributed by atoms with van der Waals surface area (Å²) >= 11 is 0. The molecule has 0 atom stereocenters. The van der Waals surface area contributed by atoms with Crippen molar-refractivity contribution in [2.24, 2.45) is 0 Å². The predicted octanol–water partition coefficient (Wildman–Crippen LogP) is 0.754. The van der Waals surface area contributed by atoms with Crippen molar-refractivity contribution in [1.29, 1.82) is 5.26 Å². The fourth-order valence-electron chi connectivity index (χ4n) is 0.894. The molecule has 58 valence electrons. The summed E-state index contributed by atoms with van der Waals surface area (Å²) in [5.74, 6) is 0.759. The minimum absolute atomic E-state index is 0.347. The highest BCUT2D eigenvalue weighted by molar-refractivity contribution is 4.93. The molecule has 11 heavy (non-hydrogen) atoms. The average Bonchev–Trinajstić information content (AvgIpc) is 2.39. The van der Waals surface area contributed by atoms with Crippen molar-refractivity contribution in [2.75, 3.05) is 0 Å². The smallest absolute Gasteiger partial charge is 0.141 e. The number of aryl methyl sites for hydroxylation is 1. The molecule has 0 saturated heterocycles. The lowest BCUT2D eigenvalue weighted by Gasteiger charge is -1.98. The summed E-state index contributed by atoms with van der Waals surface area (Å²) in [6, 6.07) is 2.05. The predicted molar refractivity (Wildman–Crippen MR) is 39.6 cm³/mol. The number of rotatable bonds is 3. The Morgan fingerprint density at radius 1 is 1.73 bits per heavy atom. The largest absolute Gasteiger partial charge is 0.249 e. The molecule has 0 aliphatic carbocycles. The normalized spacial score (nSPS) is 9.45. The van der Waals surface area contributed by atoms with Crippen molar-refractivity contribution in [3.05, 3.63) is 12.2 Å². The third-order valence-corrected chi connectivity index (χ3v) is 1.37. The van der Waals surface area contributed by atoms with Crippen molar-refractivity contribution in [1.82, 2.24) is 14.8 Å². The third kappa shape index (κ3) is 1.77. The summed E-state index contributed by atoms with van der Waals surface area (Å²) in [7, 11) is 0. The van der Waals surface area contributed by atoms with Crippen LogP contribution in [-0.2, 0) is 13.0 Å². The Hall–Kier alpha value is -1.37. The van der Waals surface area contributed by atoms with Crippen LogP contribution in [0.2, 0.25) is 0 Å². The van der Waals surface area contributed by atoms with Gasteiger partial charge < -0.3 is 0 Å². The Balaban J connectivity index is 2.71. The van der Waals surface area contributed by atoms with Gasteiger partial charge in [0.2, 0.25) is 0 Å². The van der Waals surface area contributed by atoms with E-state index in [1.807, 2.05) is 6.07 Å². The second-order valence-corrected chi connectivity index (χ2v) is 2.23. The molecule has 0 aromatic carbocycles. The van der Waals surface area contributed by atoms with Gasteiger partial charge in [0.15, 0.2) is 0 Å². The van der Waals surface area contributed by atoms with Gasteiger partial charge in [-0.2, -0.15) is 10.4 Å². The van der Waals surface area contributed by atoms with Gasteiger partial charge >= 0.3 is 0 Å². The quantitative estimate of drug-likeness (QED) is 0.639.